The minimum absolute atomic E-state index is 0.290. The van der Waals surface area contributed by atoms with E-state index in [4.69, 9.17) is 0 Å². The lowest BCUT2D eigenvalue weighted by molar-refractivity contribution is -0.329. The fourth-order valence-electron chi connectivity index (χ4n) is 1.13. The summed E-state index contributed by atoms with van der Waals surface area (Å²) in [6.45, 7) is 0.979. The average molecular weight is 276 g/mol. The van der Waals surface area contributed by atoms with Crippen molar-refractivity contribution in [2.45, 2.75) is 37.3 Å². The van der Waals surface area contributed by atoms with Gasteiger partial charge in [-0.15, -0.1) is 0 Å². The molecule has 0 saturated carbocycles. The highest BCUT2D eigenvalue weighted by Crippen LogP contribution is 2.48. The van der Waals surface area contributed by atoms with E-state index in [2.05, 4.69) is 4.99 Å². The van der Waals surface area contributed by atoms with Crippen LogP contribution in [0, 0.1) is 0 Å². The van der Waals surface area contributed by atoms with E-state index in [0.29, 0.717) is 6.08 Å². The van der Waals surface area contributed by atoms with Gasteiger partial charge in [0.05, 0.1) is 0 Å². The van der Waals surface area contributed by atoms with Crippen LogP contribution in [-0.2, 0) is 9.59 Å². The lowest BCUT2D eigenvalue weighted by Gasteiger charge is -2.33. The van der Waals surface area contributed by atoms with Crippen LogP contribution in [0.1, 0.15) is 13.3 Å². The van der Waals surface area contributed by atoms with Gasteiger partial charge in [0.25, 0.3) is 0 Å². The number of nitrogens with zero attached hydrogens (tertiary/aromatic N) is 2. The number of halogens is 6. The molecular formula is C8H6F6N2O2. The number of hydrogen-bond donors (Lipinski definition) is 0. The first kappa shape index (κ1) is 16.3. The molecule has 0 fully saturated rings. The van der Waals surface area contributed by atoms with Crippen molar-refractivity contribution in [1.82, 2.24) is 0 Å². The summed E-state index contributed by atoms with van der Waals surface area (Å²) in [5, 5.41) is 0. The molecule has 0 aliphatic rings. The normalized spacial score (nSPS) is 17.1. The molecule has 0 radical (unpaired) electrons. The van der Waals surface area contributed by atoms with Crippen molar-refractivity contribution in [2.75, 3.05) is 0 Å². The maximum Gasteiger partial charge on any atom is 0.459 e. The fourth-order valence-corrected chi connectivity index (χ4v) is 1.13. The summed E-state index contributed by atoms with van der Waals surface area (Å²) in [5.41, 5.74) is 0. The van der Waals surface area contributed by atoms with Gasteiger partial charge >= 0.3 is 17.9 Å². The topological polar surface area (TPSA) is 58.9 Å². The van der Waals surface area contributed by atoms with Crippen LogP contribution in [0.2, 0.25) is 0 Å². The predicted molar refractivity (Wildman–Crippen MR) is 45.2 cm³/mol. The van der Waals surface area contributed by atoms with Crippen LogP contribution in [0.15, 0.2) is 9.98 Å². The highest BCUT2D eigenvalue weighted by Gasteiger charge is 2.74. The number of alkyl halides is 6. The molecule has 0 aromatic carbocycles. The molecule has 0 rings (SSSR count). The molecule has 0 aliphatic heterocycles. The molecule has 0 aromatic rings. The van der Waals surface area contributed by atoms with Crippen LogP contribution in [0.4, 0.5) is 26.3 Å². The van der Waals surface area contributed by atoms with Gasteiger partial charge in [-0.05, 0) is 6.42 Å². The summed E-state index contributed by atoms with van der Waals surface area (Å²) in [4.78, 5) is 24.1. The summed E-state index contributed by atoms with van der Waals surface area (Å²) >= 11 is 0. The van der Waals surface area contributed by atoms with E-state index in [-0.39, 0.29) is 6.08 Å². The Bertz CT molecular complexity index is 397. The molecule has 2 atom stereocenters. The summed E-state index contributed by atoms with van der Waals surface area (Å²) in [5.74, 6) is -10.7. The molecule has 0 aromatic heterocycles. The molecule has 2 unspecified atom stereocenters. The van der Waals surface area contributed by atoms with E-state index >= 15 is 0 Å². The molecule has 0 amide bonds. The van der Waals surface area contributed by atoms with Gasteiger partial charge in [-0.25, -0.2) is 14.0 Å². The van der Waals surface area contributed by atoms with Gasteiger partial charge in [0.1, 0.15) is 6.04 Å². The van der Waals surface area contributed by atoms with E-state index in [0.717, 1.165) is 6.92 Å². The van der Waals surface area contributed by atoms with Crippen LogP contribution in [-0.4, -0.2) is 36.1 Å². The van der Waals surface area contributed by atoms with Crippen molar-refractivity contribution < 1.29 is 35.9 Å². The summed E-state index contributed by atoms with van der Waals surface area (Å²) in [6.07, 6.45) is -6.10. The summed E-state index contributed by atoms with van der Waals surface area (Å²) in [6, 6.07) is -2.51. The molecule has 0 aliphatic carbocycles. The number of aliphatic imine (C=N–C) groups is 2. The second-order valence-electron chi connectivity index (χ2n) is 3.09. The minimum atomic E-state index is -6.31. The SMILES string of the molecule is CCC(N=C=O)C(F)(N=C=O)C(F)(F)C(F)(F)F. The van der Waals surface area contributed by atoms with Crippen LogP contribution < -0.4 is 0 Å². The van der Waals surface area contributed by atoms with E-state index in [1.54, 1.807) is 0 Å². The van der Waals surface area contributed by atoms with Gasteiger partial charge in [0.2, 0.25) is 12.2 Å². The van der Waals surface area contributed by atoms with Gasteiger partial charge in [0.15, 0.2) is 0 Å². The first-order valence-corrected chi connectivity index (χ1v) is 4.38. The molecule has 0 saturated heterocycles. The maximum atomic E-state index is 13.7. The van der Waals surface area contributed by atoms with Gasteiger partial charge in [0, 0.05) is 0 Å². The Labute approximate surface area is 96.4 Å². The third-order valence-electron chi connectivity index (χ3n) is 2.04. The fraction of sp³-hybridized carbons (Fsp3) is 0.750. The van der Waals surface area contributed by atoms with Crippen LogP contribution in [0.25, 0.3) is 0 Å². The molecule has 0 N–H and O–H groups in total. The zero-order valence-corrected chi connectivity index (χ0v) is 8.76. The molecular weight excluding hydrogens is 270 g/mol. The van der Waals surface area contributed by atoms with Crippen LogP contribution in [0.5, 0.6) is 0 Å². The van der Waals surface area contributed by atoms with Crippen molar-refractivity contribution >= 4 is 12.2 Å². The third kappa shape index (κ3) is 2.60. The largest absolute Gasteiger partial charge is 0.459 e. The number of isocyanates is 2. The standard InChI is InChI=1S/C8H6F6N2O2/c1-2-5(15-3-17)6(9,16-4-18)7(10,11)8(12,13)14/h5H,2H2,1H3. The lowest BCUT2D eigenvalue weighted by Crippen LogP contribution is -2.58. The van der Waals surface area contributed by atoms with E-state index in [1.807, 2.05) is 4.99 Å². The molecule has 4 nitrogen and oxygen atoms in total. The van der Waals surface area contributed by atoms with Gasteiger partial charge in [-0.1, -0.05) is 6.92 Å². The molecule has 102 valence electrons. The summed E-state index contributed by atoms with van der Waals surface area (Å²) < 4.78 is 75.9. The highest BCUT2D eigenvalue weighted by molar-refractivity contribution is 5.38. The van der Waals surface area contributed by atoms with E-state index in [1.165, 1.54) is 0 Å². The van der Waals surface area contributed by atoms with Crippen molar-refractivity contribution in [3.8, 4) is 0 Å². The van der Waals surface area contributed by atoms with Crippen molar-refractivity contribution in [3.63, 3.8) is 0 Å². The predicted octanol–water partition coefficient (Wildman–Crippen LogP) is 2.30. The minimum Gasteiger partial charge on any atom is -0.211 e. The smallest absolute Gasteiger partial charge is 0.211 e. The lowest BCUT2D eigenvalue weighted by atomic mass is 9.96. The van der Waals surface area contributed by atoms with Crippen molar-refractivity contribution in [3.05, 3.63) is 0 Å². The van der Waals surface area contributed by atoms with Gasteiger partial charge in [-0.3, -0.25) is 0 Å². The average Bonchev–Trinajstić information content (AvgIpc) is 2.24. The summed E-state index contributed by atoms with van der Waals surface area (Å²) in [7, 11) is 0. The maximum absolute atomic E-state index is 13.7. The molecule has 0 spiro atoms. The third-order valence-corrected chi connectivity index (χ3v) is 2.04. The number of carbonyl (C=O) groups excluding carboxylic acids is 2. The highest BCUT2D eigenvalue weighted by atomic mass is 19.4. The zero-order chi connectivity index (χ0) is 14.6. The number of hydrogen-bond acceptors (Lipinski definition) is 4. The monoisotopic (exact) mass is 276 g/mol. The number of rotatable bonds is 5. The second kappa shape index (κ2) is 5.32. The molecule has 10 heteroatoms. The molecule has 0 bridgehead atoms. The Hall–Kier alpha value is -1.66. The Balaban J connectivity index is 5.95. The van der Waals surface area contributed by atoms with E-state index in [9.17, 15) is 35.9 Å². The first-order valence-electron chi connectivity index (χ1n) is 4.38. The first-order chi connectivity index (χ1) is 8.08. The molecule has 0 heterocycles. The quantitative estimate of drug-likeness (QED) is 0.335. The second-order valence-corrected chi connectivity index (χ2v) is 3.09. The molecule has 18 heavy (non-hydrogen) atoms. The Morgan fingerprint density at radius 2 is 1.56 bits per heavy atom. The Morgan fingerprint density at radius 3 is 1.83 bits per heavy atom. The van der Waals surface area contributed by atoms with Gasteiger partial charge < -0.3 is 0 Å². The van der Waals surface area contributed by atoms with E-state index < -0.39 is 30.4 Å². The van der Waals surface area contributed by atoms with Crippen molar-refractivity contribution in [1.29, 1.82) is 0 Å². The zero-order valence-electron chi connectivity index (χ0n) is 8.76. The van der Waals surface area contributed by atoms with Gasteiger partial charge in [-0.2, -0.15) is 31.9 Å². The van der Waals surface area contributed by atoms with Crippen molar-refractivity contribution in [2.24, 2.45) is 9.98 Å². The Kier molecular flexibility index (Phi) is 4.83. The Morgan fingerprint density at radius 1 is 1.06 bits per heavy atom. The van der Waals surface area contributed by atoms with Crippen LogP contribution >= 0.6 is 0 Å². The van der Waals surface area contributed by atoms with Crippen LogP contribution in [0.3, 0.4) is 0 Å².